The largest absolute Gasteiger partial charge is 0.444 e. The third-order valence-corrected chi connectivity index (χ3v) is 3.71. The number of guanidine groups is 1. The van der Waals surface area contributed by atoms with Gasteiger partial charge in [-0.2, -0.15) is 0 Å². The number of aliphatic imine (C=N–C) groups is 1. The van der Waals surface area contributed by atoms with E-state index in [4.69, 9.17) is 4.74 Å². The molecule has 1 saturated heterocycles. The van der Waals surface area contributed by atoms with Crippen LogP contribution in [0.2, 0.25) is 0 Å². The monoisotopic (exact) mass is 497 g/mol. The Morgan fingerprint density at radius 2 is 1.67 bits per heavy atom. The Morgan fingerprint density at radius 1 is 1.07 bits per heavy atom. The van der Waals surface area contributed by atoms with Crippen molar-refractivity contribution in [3.05, 3.63) is 0 Å². The Kier molecular flexibility index (Phi) is 11.0. The van der Waals surface area contributed by atoms with Crippen LogP contribution in [0.5, 0.6) is 0 Å². The normalized spacial score (nSPS) is 15.0. The van der Waals surface area contributed by atoms with E-state index in [1.165, 1.54) is 0 Å². The molecule has 0 aromatic carbocycles. The van der Waals surface area contributed by atoms with Crippen LogP contribution in [-0.2, 0) is 9.53 Å². The number of amides is 2. The van der Waals surface area contributed by atoms with Crippen molar-refractivity contribution >= 4 is 41.9 Å². The summed E-state index contributed by atoms with van der Waals surface area (Å²) in [5.41, 5.74) is -1.09. The molecule has 0 radical (unpaired) electrons. The summed E-state index contributed by atoms with van der Waals surface area (Å²) in [4.78, 5) is 30.3. The molecule has 1 aliphatic rings. The fourth-order valence-corrected chi connectivity index (χ4v) is 2.48. The van der Waals surface area contributed by atoms with E-state index in [-0.39, 0.29) is 36.4 Å². The molecule has 0 spiro atoms. The van der Waals surface area contributed by atoms with Crippen LogP contribution in [0, 0.1) is 0 Å². The molecule has 3 N–H and O–H groups in total. The maximum atomic E-state index is 12.1. The first-order chi connectivity index (χ1) is 12.0. The maximum absolute atomic E-state index is 12.1. The van der Waals surface area contributed by atoms with Crippen molar-refractivity contribution in [3.8, 4) is 0 Å². The zero-order chi connectivity index (χ0) is 19.8. The molecule has 0 bridgehead atoms. The number of halogens is 1. The van der Waals surface area contributed by atoms with Crippen molar-refractivity contribution in [3.63, 3.8) is 0 Å². The average molecular weight is 497 g/mol. The summed E-state index contributed by atoms with van der Waals surface area (Å²) in [6.45, 7) is 14.1. The number of hydrogen-bond donors (Lipinski definition) is 3. The summed E-state index contributed by atoms with van der Waals surface area (Å²) < 4.78 is 5.29. The molecule has 0 atom stereocenters. The first-order valence-corrected chi connectivity index (χ1v) is 9.33. The Morgan fingerprint density at radius 3 is 2.19 bits per heavy atom. The number of likely N-dealkylation sites (tertiary alicyclic amines) is 1. The SMILES string of the molecule is CCNC(=NCC(=O)N1CCCC1)NCC(C)(C)NC(=O)OC(C)(C)C.I. The van der Waals surface area contributed by atoms with Crippen molar-refractivity contribution in [1.82, 2.24) is 20.9 Å². The van der Waals surface area contributed by atoms with Gasteiger partial charge in [0, 0.05) is 26.2 Å². The number of ether oxygens (including phenoxy) is 1. The molecule has 158 valence electrons. The second kappa shape index (κ2) is 11.6. The van der Waals surface area contributed by atoms with E-state index in [1.807, 2.05) is 46.4 Å². The minimum atomic E-state index is -0.544. The van der Waals surface area contributed by atoms with Gasteiger partial charge in [0.2, 0.25) is 5.91 Å². The van der Waals surface area contributed by atoms with Crippen LogP contribution < -0.4 is 16.0 Å². The maximum Gasteiger partial charge on any atom is 0.408 e. The van der Waals surface area contributed by atoms with Gasteiger partial charge in [-0.05, 0) is 54.4 Å². The van der Waals surface area contributed by atoms with E-state index in [1.54, 1.807) is 0 Å². The number of carbonyl (C=O) groups excluding carboxylic acids is 2. The lowest BCUT2D eigenvalue weighted by Gasteiger charge is -2.29. The second-order valence-electron chi connectivity index (χ2n) is 8.15. The Hall–Kier alpha value is -1.26. The molecule has 1 aliphatic heterocycles. The predicted octanol–water partition coefficient (Wildman–Crippen LogP) is 2.09. The predicted molar refractivity (Wildman–Crippen MR) is 119 cm³/mol. The Balaban J connectivity index is 0.00000676. The van der Waals surface area contributed by atoms with Crippen LogP contribution in [-0.4, -0.2) is 66.7 Å². The van der Waals surface area contributed by atoms with Crippen molar-refractivity contribution in [2.24, 2.45) is 4.99 Å². The minimum Gasteiger partial charge on any atom is -0.444 e. The topological polar surface area (TPSA) is 95.1 Å². The van der Waals surface area contributed by atoms with Gasteiger partial charge in [-0.15, -0.1) is 24.0 Å². The zero-order valence-electron chi connectivity index (χ0n) is 17.5. The zero-order valence-corrected chi connectivity index (χ0v) is 19.8. The molecule has 1 fully saturated rings. The Labute approximate surface area is 180 Å². The molecular weight excluding hydrogens is 461 g/mol. The van der Waals surface area contributed by atoms with Gasteiger partial charge in [0.15, 0.2) is 5.96 Å². The number of alkyl carbamates (subject to hydrolysis) is 1. The van der Waals surface area contributed by atoms with Crippen LogP contribution in [0.1, 0.15) is 54.4 Å². The van der Waals surface area contributed by atoms with Gasteiger partial charge in [0.25, 0.3) is 0 Å². The average Bonchev–Trinajstić information content (AvgIpc) is 3.01. The highest BCUT2D eigenvalue weighted by Crippen LogP contribution is 2.09. The fraction of sp³-hybridized carbons (Fsp3) is 0.833. The molecule has 2 amide bonds. The molecule has 27 heavy (non-hydrogen) atoms. The van der Waals surface area contributed by atoms with Gasteiger partial charge < -0.3 is 25.6 Å². The molecule has 8 nitrogen and oxygen atoms in total. The molecule has 0 aromatic rings. The second-order valence-corrected chi connectivity index (χ2v) is 8.15. The molecule has 0 unspecified atom stereocenters. The highest BCUT2D eigenvalue weighted by Gasteiger charge is 2.25. The summed E-state index contributed by atoms with van der Waals surface area (Å²) >= 11 is 0. The summed E-state index contributed by atoms with van der Waals surface area (Å²) in [5.74, 6) is 0.602. The number of rotatable bonds is 6. The standard InChI is InChI=1S/C18H35N5O3.HI/c1-7-19-15(20-12-14(24)23-10-8-9-11-23)21-13-18(5,6)22-16(25)26-17(2,3)4;/h7-13H2,1-6H3,(H,22,25)(H2,19,20,21);1H. The number of carbonyl (C=O) groups is 2. The van der Waals surface area contributed by atoms with E-state index >= 15 is 0 Å². The van der Waals surface area contributed by atoms with Crippen molar-refractivity contribution in [2.45, 2.75) is 65.5 Å². The number of hydrogen-bond acceptors (Lipinski definition) is 4. The molecule has 0 aromatic heterocycles. The summed E-state index contributed by atoms with van der Waals surface area (Å²) in [5, 5.41) is 9.13. The van der Waals surface area contributed by atoms with Gasteiger partial charge in [-0.1, -0.05) is 0 Å². The van der Waals surface area contributed by atoms with Crippen molar-refractivity contribution in [2.75, 3.05) is 32.7 Å². The first kappa shape index (κ1) is 25.7. The molecule has 0 saturated carbocycles. The van der Waals surface area contributed by atoms with Crippen LogP contribution in [0.15, 0.2) is 4.99 Å². The van der Waals surface area contributed by atoms with Crippen molar-refractivity contribution < 1.29 is 14.3 Å². The van der Waals surface area contributed by atoms with Gasteiger partial charge in [0.05, 0.1) is 5.54 Å². The van der Waals surface area contributed by atoms with E-state index in [0.29, 0.717) is 19.0 Å². The molecule has 1 rings (SSSR count). The van der Waals surface area contributed by atoms with E-state index in [2.05, 4.69) is 20.9 Å². The lowest BCUT2D eigenvalue weighted by molar-refractivity contribution is -0.128. The van der Waals surface area contributed by atoms with Gasteiger partial charge >= 0.3 is 6.09 Å². The van der Waals surface area contributed by atoms with Crippen LogP contribution in [0.4, 0.5) is 4.79 Å². The van der Waals surface area contributed by atoms with E-state index in [9.17, 15) is 9.59 Å². The smallest absolute Gasteiger partial charge is 0.408 e. The number of nitrogens with one attached hydrogen (secondary N) is 3. The summed E-state index contributed by atoms with van der Waals surface area (Å²) in [6.07, 6.45) is 1.67. The summed E-state index contributed by atoms with van der Waals surface area (Å²) in [6, 6.07) is 0. The highest BCUT2D eigenvalue weighted by molar-refractivity contribution is 14.0. The molecule has 0 aliphatic carbocycles. The lowest BCUT2D eigenvalue weighted by atomic mass is 10.1. The van der Waals surface area contributed by atoms with Gasteiger partial charge in [0.1, 0.15) is 12.1 Å². The van der Waals surface area contributed by atoms with E-state index < -0.39 is 17.2 Å². The fourth-order valence-electron chi connectivity index (χ4n) is 2.48. The summed E-state index contributed by atoms with van der Waals surface area (Å²) in [7, 11) is 0. The van der Waals surface area contributed by atoms with Crippen LogP contribution >= 0.6 is 24.0 Å². The Bertz CT molecular complexity index is 512. The minimum absolute atomic E-state index is 0. The van der Waals surface area contributed by atoms with Gasteiger partial charge in [-0.25, -0.2) is 9.79 Å². The third-order valence-electron chi connectivity index (χ3n) is 3.71. The molecule has 1 heterocycles. The quantitative estimate of drug-likeness (QED) is 0.297. The van der Waals surface area contributed by atoms with Crippen molar-refractivity contribution in [1.29, 1.82) is 0 Å². The third kappa shape index (κ3) is 11.2. The van der Waals surface area contributed by atoms with Gasteiger partial charge in [-0.3, -0.25) is 4.79 Å². The molecular formula is C18H36IN5O3. The highest BCUT2D eigenvalue weighted by atomic mass is 127. The first-order valence-electron chi connectivity index (χ1n) is 9.33. The number of nitrogens with zero attached hydrogens (tertiary/aromatic N) is 2. The van der Waals surface area contributed by atoms with E-state index in [0.717, 1.165) is 25.9 Å². The van der Waals surface area contributed by atoms with Crippen LogP contribution in [0.25, 0.3) is 0 Å². The lowest BCUT2D eigenvalue weighted by Crippen LogP contribution is -2.54. The van der Waals surface area contributed by atoms with Crippen LogP contribution in [0.3, 0.4) is 0 Å². The molecule has 9 heteroatoms.